The summed E-state index contributed by atoms with van der Waals surface area (Å²) in [6.45, 7) is 3.31. The number of benzene rings is 2. The maximum Gasteiger partial charge on any atom is 0.311 e. The van der Waals surface area contributed by atoms with Crippen molar-refractivity contribution in [3.05, 3.63) is 64.2 Å². The van der Waals surface area contributed by atoms with Crippen LogP contribution in [0.2, 0.25) is 5.02 Å². The lowest BCUT2D eigenvalue weighted by atomic mass is 10.1. The summed E-state index contributed by atoms with van der Waals surface area (Å²) in [6, 6.07) is 12.0. The first-order valence-electron chi connectivity index (χ1n) is 9.63. The second kappa shape index (κ2) is 9.61. The van der Waals surface area contributed by atoms with Crippen molar-refractivity contribution in [3.8, 4) is 0 Å². The molecule has 2 aromatic rings. The number of esters is 1. The second-order valence-electron chi connectivity index (χ2n) is 7.36. The molecule has 9 heteroatoms. The van der Waals surface area contributed by atoms with E-state index in [0.717, 1.165) is 16.1 Å². The molecule has 31 heavy (non-hydrogen) atoms. The second-order valence-corrected chi connectivity index (χ2v) is 7.77. The van der Waals surface area contributed by atoms with Crippen molar-refractivity contribution >= 4 is 41.0 Å². The first kappa shape index (κ1) is 22.3. The molecule has 1 aliphatic heterocycles. The number of amides is 3. The molecule has 3 rings (SSSR count). The van der Waals surface area contributed by atoms with Crippen LogP contribution in [-0.4, -0.2) is 41.9 Å². The van der Waals surface area contributed by atoms with Gasteiger partial charge in [0.25, 0.3) is 11.8 Å². The topological polar surface area (TPSA) is 105 Å². The molecule has 8 nitrogen and oxygen atoms in total. The zero-order valence-electron chi connectivity index (χ0n) is 17.1. The molecule has 3 amide bonds. The Morgan fingerprint density at radius 2 is 1.81 bits per heavy atom. The summed E-state index contributed by atoms with van der Waals surface area (Å²) >= 11 is 5.99. The summed E-state index contributed by atoms with van der Waals surface area (Å²) in [4.78, 5) is 48.9. The SMILES string of the molecule is Cc1cc(C)cc(NC(=O)COC(=O)[C@H]2CC(=O)N(NC(=O)c3ccccc3Cl)C2)c1. The maximum atomic E-state index is 12.3. The van der Waals surface area contributed by atoms with E-state index >= 15 is 0 Å². The molecule has 2 aromatic carbocycles. The lowest BCUT2D eigenvalue weighted by Gasteiger charge is -2.18. The highest BCUT2D eigenvalue weighted by atomic mass is 35.5. The van der Waals surface area contributed by atoms with E-state index in [2.05, 4.69) is 10.7 Å². The van der Waals surface area contributed by atoms with Crippen LogP contribution < -0.4 is 10.7 Å². The third kappa shape index (κ3) is 5.82. The Morgan fingerprint density at radius 1 is 1.13 bits per heavy atom. The summed E-state index contributed by atoms with van der Waals surface area (Å²) < 4.78 is 5.06. The van der Waals surface area contributed by atoms with Gasteiger partial charge >= 0.3 is 5.97 Å². The molecule has 1 fully saturated rings. The van der Waals surface area contributed by atoms with E-state index in [0.29, 0.717) is 5.69 Å². The molecule has 0 radical (unpaired) electrons. The zero-order valence-corrected chi connectivity index (χ0v) is 17.9. The molecule has 0 bridgehead atoms. The predicted molar refractivity (Wildman–Crippen MR) is 114 cm³/mol. The lowest BCUT2D eigenvalue weighted by Crippen LogP contribution is -2.43. The molecular weight excluding hydrogens is 422 g/mol. The molecular formula is C22H22ClN3O5. The van der Waals surface area contributed by atoms with Crippen molar-refractivity contribution < 1.29 is 23.9 Å². The van der Waals surface area contributed by atoms with Gasteiger partial charge in [-0.25, -0.2) is 0 Å². The molecule has 0 aliphatic carbocycles. The van der Waals surface area contributed by atoms with E-state index in [-0.39, 0.29) is 23.6 Å². The standard InChI is InChI=1S/C22H22ClN3O5/c1-13-7-14(2)9-16(8-13)24-19(27)12-31-22(30)15-10-20(28)26(11-15)25-21(29)17-5-3-4-6-18(17)23/h3-9,15H,10-12H2,1-2H3,(H,24,27)(H,25,29)/t15-/m0/s1. The fourth-order valence-corrected chi connectivity index (χ4v) is 3.52. The van der Waals surface area contributed by atoms with Crippen LogP contribution in [-0.2, 0) is 19.1 Å². The Kier molecular flexibility index (Phi) is 6.91. The largest absolute Gasteiger partial charge is 0.455 e. The molecule has 1 saturated heterocycles. The predicted octanol–water partition coefficient (Wildman–Crippen LogP) is 2.63. The van der Waals surface area contributed by atoms with Crippen molar-refractivity contribution in [2.45, 2.75) is 20.3 Å². The highest BCUT2D eigenvalue weighted by molar-refractivity contribution is 6.33. The average Bonchev–Trinajstić information content (AvgIpc) is 3.06. The molecule has 0 spiro atoms. The summed E-state index contributed by atoms with van der Waals surface area (Å²) in [6.07, 6.45) is -0.125. The normalized spacial score (nSPS) is 15.5. The molecule has 1 atom stereocenters. The number of carbonyl (C=O) groups excluding carboxylic acids is 4. The van der Waals surface area contributed by atoms with Gasteiger partial charge in [-0.15, -0.1) is 0 Å². The van der Waals surface area contributed by atoms with Crippen LogP contribution in [0.3, 0.4) is 0 Å². The highest BCUT2D eigenvalue weighted by Crippen LogP contribution is 2.20. The van der Waals surface area contributed by atoms with Gasteiger partial charge in [-0.2, -0.15) is 0 Å². The quantitative estimate of drug-likeness (QED) is 0.668. The van der Waals surface area contributed by atoms with Gasteiger partial charge in [-0.3, -0.25) is 29.6 Å². The van der Waals surface area contributed by atoms with Gasteiger partial charge < -0.3 is 10.1 Å². The Hall–Kier alpha value is -3.39. The van der Waals surface area contributed by atoms with Gasteiger partial charge in [0.1, 0.15) is 0 Å². The smallest absolute Gasteiger partial charge is 0.311 e. The number of rotatable bonds is 6. The highest BCUT2D eigenvalue weighted by Gasteiger charge is 2.36. The number of aryl methyl sites for hydroxylation is 2. The summed E-state index contributed by atoms with van der Waals surface area (Å²) in [5, 5.41) is 3.98. The molecule has 0 unspecified atom stereocenters. The number of nitrogens with zero attached hydrogens (tertiary/aromatic N) is 1. The van der Waals surface area contributed by atoms with Gasteiger partial charge in [0, 0.05) is 12.1 Å². The number of nitrogens with one attached hydrogen (secondary N) is 2. The average molecular weight is 444 g/mol. The fourth-order valence-electron chi connectivity index (χ4n) is 3.30. The molecule has 1 aliphatic rings. The van der Waals surface area contributed by atoms with Gasteiger partial charge in [-0.1, -0.05) is 29.8 Å². The Morgan fingerprint density at radius 3 is 2.48 bits per heavy atom. The minimum Gasteiger partial charge on any atom is -0.455 e. The number of ether oxygens (including phenoxy) is 1. The van der Waals surface area contributed by atoms with E-state index in [1.807, 2.05) is 32.0 Å². The van der Waals surface area contributed by atoms with E-state index in [1.54, 1.807) is 18.2 Å². The summed E-state index contributed by atoms with van der Waals surface area (Å²) in [7, 11) is 0. The van der Waals surface area contributed by atoms with Crippen molar-refractivity contribution in [3.63, 3.8) is 0 Å². The van der Waals surface area contributed by atoms with Crippen LogP contribution in [0.4, 0.5) is 5.69 Å². The fraction of sp³-hybridized carbons (Fsp3) is 0.273. The minimum absolute atomic E-state index is 0.0491. The number of hydrogen-bond acceptors (Lipinski definition) is 5. The number of anilines is 1. The lowest BCUT2D eigenvalue weighted by molar-refractivity contribution is -0.151. The monoisotopic (exact) mass is 443 g/mol. The van der Waals surface area contributed by atoms with Crippen molar-refractivity contribution in [1.29, 1.82) is 0 Å². The van der Waals surface area contributed by atoms with Gasteiger partial charge in [0.15, 0.2) is 6.61 Å². The summed E-state index contributed by atoms with van der Waals surface area (Å²) in [5.74, 6) is -2.93. The Bertz CT molecular complexity index is 1020. The van der Waals surface area contributed by atoms with Crippen LogP contribution in [0.5, 0.6) is 0 Å². The maximum absolute atomic E-state index is 12.3. The number of hydrogen-bond donors (Lipinski definition) is 2. The van der Waals surface area contributed by atoms with Crippen LogP contribution in [0, 0.1) is 19.8 Å². The first-order chi connectivity index (χ1) is 14.7. The van der Waals surface area contributed by atoms with Crippen LogP contribution in [0.15, 0.2) is 42.5 Å². The number of halogens is 1. The van der Waals surface area contributed by atoms with Crippen LogP contribution >= 0.6 is 11.6 Å². The van der Waals surface area contributed by atoms with Crippen molar-refractivity contribution in [2.24, 2.45) is 5.92 Å². The Balaban J connectivity index is 1.50. The van der Waals surface area contributed by atoms with E-state index < -0.39 is 36.2 Å². The third-order valence-electron chi connectivity index (χ3n) is 4.66. The van der Waals surface area contributed by atoms with E-state index in [1.165, 1.54) is 6.07 Å². The Labute approximate surface area is 184 Å². The molecule has 2 N–H and O–H groups in total. The molecule has 0 saturated carbocycles. The summed E-state index contributed by atoms with van der Waals surface area (Å²) in [5.41, 5.74) is 5.27. The third-order valence-corrected chi connectivity index (χ3v) is 4.99. The van der Waals surface area contributed by atoms with Gasteiger partial charge in [-0.05, 0) is 49.2 Å². The number of hydrazine groups is 1. The first-order valence-corrected chi connectivity index (χ1v) is 10.0. The molecule has 0 aromatic heterocycles. The molecule has 1 heterocycles. The zero-order chi connectivity index (χ0) is 22.5. The van der Waals surface area contributed by atoms with Gasteiger partial charge in [0.2, 0.25) is 5.91 Å². The van der Waals surface area contributed by atoms with E-state index in [4.69, 9.17) is 16.3 Å². The minimum atomic E-state index is -0.784. The van der Waals surface area contributed by atoms with Gasteiger partial charge in [0.05, 0.1) is 23.0 Å². The van der Waals surface area contributed by atoms with Crippen molar-refractivity contribution in [2.75, 3.05) is 18.5 Å². The molecule has 162 valence electrons. The van der Waals surface area contributed by atoms with Crippen molar-refractivity contribution in [1.82, 2.24) is 10.4 Å². The number of carbonyl (C=O) groups is 4. The van der Waals surface area contributed by atoms with Crippen LogP contribution in [0.25, 0.3) is 0 Å². The van der Waals surface area contributed by atoms with Crippen LogP contribution in [0.1, 0.15) is 27.9 Å². The van der Waals surface area contributed by atoms with E-state index in [9.17, 15) is 19.2 Å².